The quantitative estimate of drug-likeness (QED) is 0.654. The molecule has 0 spiro atoms. The van der Waals surface area contributed by atoms with Crippen LogP contribution < -0.4 is 0 Å². The van der Waals surface area contributed by atoms with Gasteiger partial charge in [-0.05, 0) is 31.8 Å². The normalized spacial score (nSPS) is 27.9. The van der Waals surface area contributed by atoms with Crippen molar-refractivity contribution in [1.29, 1.82) is 0 Å². The molecular weight excluding hydrogens is 190 g/mol. The van der Waals surface area contributed by atoms with Crippen molar-refractivity contribution in [2.75, 3.05) is 13.6 Å². The molecule has 0 N–H and O–H groups in total. The molecule has 1 amide bonds. The van der Waals surface area contributed by atoms with Crippen molar-refractivity contribution in [3.63, 3.8) is 0 Å². The maximum Gasteiger partial charge on any atom is 0.229 e. The summed E-state index contributed by atoms with van der Waals surface area (Å²) >= 11 is 0. The van der Waals surface area contributed by atoms with Crippen LogP contribution in [0.4, 0.5) is 0 Å². The fraction of sp³-hybridized carbons (Fsp3) is 0.667. The molecule has 15 heavy (non-hydrogen) atoms. The summed E-state index contributed by atoms with van der Waals surface area (Å²) < 4.78 is 0. The van der Waals surface area contributed by atoms with E-state index in [1.54, 1.807) is 11.0 Å². The third-order valence-electron chi connectivity index (χ3n) is 3.34. The Hall–Kier alpha value is -1.12. The van der Waals surface area contributed by atoms with Crippen LogP contribution in [0, 0.1) is 5.92 Å². The molecule has 1 aliphatic carbocycles. The van der Waals surface area contributed by atoms with E-state index in [4.69, 9.17) is 0 Å². The number of piperidine rings is 1. The van der Waals surface area contributed by atoms with Crippen LogP contribution in [0.15, 0.2) is 11.6 Å². The first-order valence-electron chi connectivity index (χ1n) is 5.67. The summed E-state index contributed by atoms with van der Waals surface area (Å²) in [6.07, 6.45) is 6.18. The number of nitrogens with zero attached hydrogens (tertiary/aromatic N) is 1. The van der Waals surface area contributed by atoms with E-state index in [1.807, 2.05) is 7.05 Å². The molecule has 1 aliphatic heterocycles. The van der Waals surface area contributed by atoms with Gasteiger partial charge in [0.05, 0.1) is 5.92 Å². The van der Waals surface area contributed by atoms with Gasteiger partial charge in [0.15, 0.2) is 5.78 Å². The molecule has 1 heterocycles. The molecular formula is C12H17NO2. The van der Waals surface area contributed by atoms with Crippen LogP contribution in [0.2, 0.25) is 0 Å². The summed E-state index contributed by atoms with van der Waals surface area (Å²) in [4.78, 5) is 25.0. The van der Waals surface area contributed by atoms with Gasteiger partial charge in [-0.2, -0.15) is 0 Å². The van der Waals surface area contributed by atoms with Gasteiger partial charge in [0.2, 0.25) is 5.91 Å². The standard InChI is InChI=1S/C12H17NO2/c1-13-7-3-6-11(12(13)15)9-4-2-5-10(14)8-9/h8,11H,2-7H2,1H3. The number of amides is 1. The van der Waals surface area contributed by atoms with Crippen LogP contribution in [0.5, 0.6) is 0 Å². The number of rotatable bonds is 1. The summed E-state index contributed by atoms with van der Waals surface area (Å²) in [5.74, 6) is 0.382. The van der Waals surface area contributed by atoms with Crippen molar-refractivity contribution >= 4 is 11.7 Å². The van der Waals surface area contributed by atoms with Gasteiger partial charge in [-0.1, -0.05) is 5.57 Å². The Morgan fingerprint density at radius 3 is 2.80 bits per heavy atom. The average Bonchev–Trinajstić information content (AvgIpc) is 2.22. The third kappa shape index (κ3) is 2.11. The first kappa shape index (κ1) is 10.4. The second-order valence-electron chi connectivity index (χ2n) is 4.49. The van der Waals surface area contributed by atoms with Gasteiger partial charge in [-0.3, -0.25) is 9.59 Å². The lowest BCUT2D eigenvalue weighted by molar-refractivity contribution is -0.135. The first-order valence-corrected chi connectivity index (χ1v) is 5.67. The Morgan fingerprint density at radius 1 is 1.27 bits per heavy atom. The van der Waals surface area contributed by atoms with Gasteiger partial charge in [0, 0.05) is 20.0 Å². The highest BCUT2D eigenvalue weighted by molar-refractivity contribution is 5.93. The minimum Gasteiger partial charge on any atom is -0.345 e. The van der Waals surface area contributed by atoms with Gasteiger partial charge >= 0.3 is 0 Å². The Kier molecular flexibility index (Phi) is 2.89. The smallest absolute Gasteiger partial charge is 0.229 e. The van der Waals surface area contributed by atoms with Gasteiger partial charge in [-0.25, -0.2) is 0 Å². The molecule has 0 aromatic heterocycles. The Balaban J connectivity index is 2.15. The van der Waals surface area contributed by atoms with Crippen LogP contribution in [0.3, 0.4) is 0 Å². The molecule has 2 rings (SSSR count). The predicted octanol–water partition coefficient (Wildman–Crippen LogP) is 1.53. The van der Waals surface area contributed by atoms with E-state index < -0.39 is 0 Å². The predicted molar refractivity (Wildman–Crippen MR) is 57.3 cm³/mol. The second-order valence-corrected chi connectivity index (χ2v) is 4.49. The summed E-state index contributed by atoms with van der Waals surface area (Å²) in [5, 5.41) is 0. The van der Waals surface area contributed by atoms with Crippen LogP contribution in [-0.2, 0) is 9.59 Å². The van der Waals surface area contributed by atoms with E-state index in [0.29, 0.717) is 6.42 Å². The Bertz CT molecular complexity index is 320. The molecule has 0 aromatic rings. The molecule has 0 radical (unpaired) electrons. The van der Waals surface area contributed by atoms with E-state index in [0.717, 1.165) is 37.8 Å². The minimum atomic E-state index is -0.00648. The van der Waals surface area contributed by atoms with Gasteiger partial charge in [0.25, 0.3) is 0 Å². The van der Waals surface area contributed by atoms with Crippen molar-refractivity contribution in [3.05, 3.63) is 11.6 Å². The van der Waals surface area contributed by atoms with Crippen molar-refractivity contribution < 1.29 is 9.59 Å². The van der Waals surface area contributed by atoms with Crippen LogP contribution in [-0.4, -0.2) is 30.2 Å². The fourth-order valence-corrected chi connectivity index (χ4v) is 2.47. The zero-order chi connectivity index (χ0) is 10.8. The van der Waals surface area contributed by atoms with Crippen LogP contribution >= 0.6 is 0 Å². The molecule has 0 bridgehead atoms. The van der Waals surface area contributed by atoms with Crippen LogP contribution in [0.25, 0.3) is 0 Å². The van der Waals surface area contributed by atoms with E-state index in [1.165, 1.54) is 0 Å². The topological polar surface area (TPSA) is 37.4 Å². The number of hydrogen-bond donors (Lipinski definition) is 0. The number of carbonyl (C=O) groups is 2. The molecule has 82 valence electrons. The summed E-state index contributed by atoms with van der Waals surface area (Å²) in [7, 11) is 1.85. The molecule has 2 aliphatic rings. The average molecular weight is 207 g/mol. The highest BCUT2D eigenvalue weighted by Gasteiger charge is 2.30. The van der Waals surface area contributed by atoms with Crippen molar-refractivity contribution in [2.24, 2.45) is 5.92 Å². The van der Waals surface area contributed by atoms with Crippen molar-refractivity contribution in [1.82, 2.24) is 4.90 Å². The lowest BCUT2D eigenvalue weighted by atomic mass is 9.83. The third-order valence-corrected chi connectivity index (χ3v) is 3.34. The van der Waals surface area contributed by atoms with E-state index in [-0.39, 0.29) is 17.6 Å². The van der Waals surface area contributed by atoms with Gasteiger partial charge < -0.3 is 4.90 Å². The number of likely N-dealkylation sites (tertiary alicyclic amines) is 1. The SMILES string of the molecule is CN1CCCC(C2=CC(=O)CCC2)C1=O. The number of ketones is 1. The Labute approximate surface area is 90.1 Å². The largest absolute Gasteiger partial charge is 0.345 e. The molecule has 1 unspecified atom stereocenters. The molecule has 3 heteroatoms. The molecule has 3 nitrogen and oxygen atoms in total. The molecule has 1 fully saturated rings. The fourth-order valence-electron chi connectivity index (χ4n) is 2.47. The first-order chi connectivity index (χ1) is 7.18. The zero-order valence-corrected chi connectivity index (χ0v) is 9.16. The van der Waals surface area contributed by atoms with Gasteiger partial charge in [0.1, 0.15) is 0 Å². The maximum absolute atomic E-state index is 11.9. The molecule has 0 saturated carbocycles. The Morgan fingerprint density at radius 2 is 2.07 bits per heavy atom. The lowest BCUT2D eigenvalue weighted by Gasteiger charge is -2.31. The molecule has 1 saturated heterocycles. The zero-order valence-electron chi connectivity index (χ0n) is 9.16. The van der Waals surface area contributed by atoms with Crippen molar-refractivity contribution in [2.45, 2.75) is 32.1 Å². The van der Waals surface area contributed by atoms with Gasteiger partial charge in [-0.15, -0.1) is 0 Å². The van der Waals surface area contributed by atoms with Crippen molar-refractivity contribution in [3.8, 4) is 0 Å². The minimum absolute atomic E-state index is 0.00648. The monoisotopic (exact) mass is 207 g/mol. The number of carbonyl (C=O) groups excluding carboxylic acids is 2. The molecule has 0 aromatic carbocycles. The van der Waals surface area contributed by atoms with Crippen LogP contribution in [0.1, 0.15) is 32.1 Å². The number of hydrogen-bond acceptors (Lipinski definition) is 2. The maximum atomic E-state index is 11.9. The summed E-state index contributed by atoms with van der Waals surface area (Å²) in [6, 6.07) is 0. The number of allylic oxidation sites excluding steroid dienone is 1. The summed E-state index contributed by atoms with van der Waals surface area (Å²) in [5.41, 5.74) is 1.07. The van der Waals surface area contributed by atoms with E-state index in [9.17, 15) is 9.59 Å². The molecule has 1 atom stereocenters. The summed E-state index contributed by atoms with van der Waals surface area (Å²) in [6.45, 7) is 0.858. The van der Waals surface area contributed by atoms with E-state index in [2.05, 4.69) is 0 Å². The van der Waals surface area contributed by atoms with E-state index >= 15 is 0 Å². The second kappa shape index (κ2) is 4.17. The highest BCUT2D eigenvalue weighted by atomic mass is 16.2. The lowest BCUT2D eigenvalue weighted by Crippen LogP contribution is -2.39. The highest BCUT2D eigenvalue weighted by Crippen LogP contribution is 2.29.